The van der Waals surface area contributed by atoms with E-state index in [2.05, 4.69) is 4.74 Å². The highest BCUT2D eigenvalue weighted by Gasteiger charge is 2.22. The predicted octanol–water partition coefficient (Wildman–Crippen LogP) is 3.23. The van der Waals surface area contributed by atoms with Gasteiger partial charge in [-0.3, -0.25) is 0 Å². The maximum absolute atomic E-state index is 12.6. The number of carbonyl (C=O) groups is 1. The number of hydrogen-bond acceptors (Lipinski definition) is 2. The van der Waals surface area contributed by atoms with Gasteiger partial charge in [0.05, 0.1) is 11.1 Å². The normalized spacial score (nSPS) is 11.0. The lowest BCUT2D eigenvalue weighted by atomic mass is 10.0. The number of hydrogen-bond donors (Lipinski definition) is 1. The third kappa shape index (κ3) is 3.08. The van der Waals surface area contributed by atoms with Crippen LogP contribution in [0.5, 0.6) is 5.75 Å². The van der Waals surface area contributed by atoms with Crippen molar-refractivity contribution >= 4 is 5.97 Å². The molecule has 0 amide bonds. The highest BCUT2D eigenvalue weighted by atomic mass is 19.3. The van der Waals surface area contributed by atoms with Crippen molar-refractivity contribution in [3.8, 4) is 5.75 Å². The minimum absolute atomic E-state index is 0.0829. The van der Waals surface area contributed by atoms with Crippen molar-refractivity contribution in [1.29, 1.82) is 0 Å². The zero-order chi connectivity index (χ0) is 13.2. The summed E-state index contributed by atoms with van der Waals surface area (Å²) in [6, 6.07) is 1.61. The number of alkyl halides is 4. The largest absolute Gasteiger partial charge is 0.478 e. The van der Waals surface area contributed by atoms with Crippen molar-refractivity contribution in [3.63, 3.8) is 0 Å². The molecule has 0 unspecified atom stereocenters. The Kier molecular flexibility index (Phi) is 3.93. The zero-order valence-corrected chi connectivity index (χ0v) is 8.58. The zero-order valence-electron chi connectivity index (χ0n) is 8.58. The monoisotopic (exact) mass is 252 g/mol. The molecule has 0 aliphatic rings. The predicted molar refractivity (Wildman–Crippen MR) is 49.7 cm³/mol. The van der Waals surface area contributed by atoms with E-state index in [1.807, 2.05) is 0 Å². The maximum atomic E-state index is 12.6. The first-order valence-electron chi connectivity index (χ1n) is 4.43. The van der Waals surface area contributed by atoms with E-state index in [-0.39, 0.29) is 5.56 Å². The standard InChI is InChI=1S/C10H8F4O3/c1-4-2-5(9(15)16)3-6(8(11)12)7(4)17-10(13)14/h2-3,8,10H,1H3,(H,15,16). The summed E-state index contributed by atoms with van der Waals surface area (Å²) in [6.07, 6.45) is -3.10. The second kappa shape index (κ2) is 5.03. The van der Waals surface area contributed by atoms with Crippen LogP contribution in [0.3, 0.4) is 0 Å². The highest BCUT2D eigenvalue weighted by molar-refractivity contribution is 5.88. The van der Waals surface area contributed by atoms with Crippen LogP contribution < -0.4 is 4.74 Å². The maximum Gasteiger partial charge on any atom is 0.387 e. The van der Waals surface area contributed by atoms with E-state index < -0.39 is 35.9 Å². The van der Waals surface area contributed by atoms with Crippen molar-refractivity contribution in [2.75, 3.05) is 0 Å². The Hall–Kier alpha value is -1.79. The van der Waals surface area contributed by atoms with E-state index in [9.17, 15) is 22.4 Å². The Balaban J connectivity index is 3.33. The molecule has 0 atom stereocenters. The summed E-state index contributed by atoms with van der Waals surface area (Å²) in [5.41, 5.74) is -1.34. The molecule has 0 aliphatic carbocycles. The first-order valence-corrected chi connectivity index (χ1v) is 4.43. The molecular weight excluding hydrogens is 244 g/mol. The fourth-order valence-corrected chi connectivity index (χ4v) is 1.34. The van der Waals surface area contributed by atoms with Crippen molar-refractivity contribution < 1.29 is 32.2 Å². The van der Waals surface area contributed by atoms with E-state index in [0.29, 0.717) is 6.07 Å². The lowest BCUT2D eigenvalue weighted by Gasteiger charge is -2.13. The molecule has 1 N–H and O–H groups in total. The summed E-state index contributed by atoms with van der Waals surface area (Å²) in [4.78, 5) is 10.6. The van der Waals surface area contributed by atoms with Gasteiger partial charge in [0.25, 0.3) is 6.43 Å². The molecule has 0 aromatic heterocycles. The van der Waals surface area contributed by atoms with Crippen LogP contribution in [0, 0.1) is 6.92 Å². The van der Waals surface area contributed by atoms with Crippen molar-refractivity contribution in [2.24, 2.45) is 0 Å². The molecule has 17 heavy (non-hydrogen) atoms. The number of rotatable bonds is 4. The number of ether oxygens (including phenoxy) is 1. The molecule has 0 heterocycles. The van der Waals surface area contributed by atoms with Gasteiger partial charge in [0.15, 0.2) is 0 Å². The topological polar surface area (TPSA) is 46.5 Å². The molecule has 0 spiro atoms. The Bertz CT molecular complexity index is 432. The SMILES string of the molecule is Cc1cc(C(=O)O)cc(C(F)F)c1OC(F)F. The molecule has 0 fully saturated rings. The number of aromatic carboxylic acids is 1. The average Bonchev–Trinajstić information content (AvgIpc) is 2.19. The quantitative estimate of drug-likeness (QED) is 0.837. The molecule has 0 saturated carbocycles. The van der Waals surface area contributed by atoms with Crippen molar-refractivity contribution in [1.82, 2.24) is 0 Å². The van der Waals surface area contributed by atoms with Gasteiger partial charge in [-0.25, -0.2) is 13.6 Å². The molecule has 0 radical (unpaired) electrons. The summed E-state index contributed by atoms with van der Waals surface area (Å²) >= 11 is 0. The Morgan fingerprint density at radius 1 is 1.29 bits per heavy atom. The molecule has 7 heteroatoms. The average molecular weight is 252 g/mol. The van der Waals surface area contributed by atoms with Gasteiger partial charge < -0.3 is 9.84 Å². The molecule has 0 bridgehead atoms. The number of carboxylic acid groups (broad SMARTS) is 1. The second-order valence-electron chi connectivity index (χ2n) is 3.20. The van der Waals surface area contributed by atoms with E-state index in [4.69, 9.17) is 5.11 Å². The first-order chi connectivity index (χ1) is 7.82. The summed E-state index contributed by atoms with van der Waals surface area (Å²) in [5, 5.41) is 8.65. The lowest BCUT2D eigenvalue weighted by molar-refractivity contribution is -0.0524. The first kappa shape index (κ1) is 13.3. The van der Waals surface area contributed by atoms with Gasteiger partial charge in [-0.2, -0.15) is 8.78 Å². The summed E-state index contributed by atoms with van der Waals surface area (Å²) in [5.74, 6) is -2.10. The fraction of sp³-hybridized carbons (Fsp3) is 0.300. The minimum Gasteiger partial charge on any atom is -0.478 e. The van der Waals surface area contributed by atoms with Gasteiger partial charge in [0.2, 0.25) is 0 Å². The van der Waals surface area contributed by atoms with Gasteiger partial charge in [0.1, 0.15) is 5.75 Å². The van der Waals surface area contributed by atoms with Crippen LogP contribution in [0.25, 0.3) is 0 Å². The number of carboxylic acids is 1. The Morgan fingerprint density at radius 2 is 1.88 bits per heavy atom. The summed E-state index contributed by atoms with van der Waals surface area (Å²) in [6.45, 7) is -2.03. The van der Waals surface area contributed by atoms with E-state index >= 15 is 0 Å². The third-order valence-electron chi connectivity index (χ3n) is 1.99. The fourth-order valence-electron chi connectivity index (χ4n) is 1.34. The van der Waals surface area contributed by atoms with Crippen LogP contribution in [-0.2, 0) is 0 Å². The van der Waals surface area contributed by atoms with Crippen LogP contribution in [0.1, 0.15) is 27.9 Å². The number of halogens is 4. The molecule has 1 aromatic carbocycles. The van der Waals surface area contributed by atoms with Crippen LogP contribution >= 0.6 is 0 Å². The van der Waals surface area contributed by atoms with Crippen LogP contribution in [0.4, 0.5) is 17.6 Å². The smallest absolute Gasteiger partial charge is 0.387 e. The Labute approximate surface area is 93.6 Å². The summed E-state index contributed by atoms with van der Waals surface area (Å²) < 4.78 is 53.2. The molecule has 0 aliphatic heterocycles. The second-order valence-corrected chi connectivity index (χ2v) is 3.20. The van der Waals surface area contributed by atoms with Crippen molar-refractivity contribution in [2.45, 2.75) is 20.0 Å². The van der Waals surface area contributed by atoms with Crippen molar-refractivity contribution in [3.05, 3.63) is 28.8 Å². The molecule has 1 rings (SSSR count). The molecular formula is C10H8F4O3. The summed E-state index contributed by atoms with van der Waals surface area (Å²) in [7, 11) is 0. The number of benzene rings is 1. The molecule has 3 nitrogen and oxygen atoms in total. The lowest BCUT2D eigenvalue weighted by Crippen LogP contribution is -2.08. The molecule has 0 saturated heterocycles. The minimum atomic E-state index is -3.25. The van der Waals surface area contributed by atoms with Gasteiger partial charge >= 0.3 is 12.6 Å². The van der Waals surface area contributed by atoms with E-state index in [1.54, 1.807) is 0 Å². The van der Waals surface area contributed by atoms with Gasteiger partial charge in [0, 0.05) is 0 Å². The molecule has 1 aromatic rings. The Morgan fingerprint density at radius 3 is 2.29 bits per heavy atom. The van der Waals surface area contributed by atoms with Gasteiger partial charge in [-0.15, -0.1) is 0 Å². The number of aryl methyl sites for hydroxylation is 1. The van der Waals surface area contributed by atoms with Crippen LogP contribution in [0.2, 0.25) is 0 Å². The molecule has 94 valence electrons. The highest BCUT2D eigenvalue weighted by Crippen LogP contribution is 2.34. The van der Waals surface area contributed by atoms with Crippen LogP contribution in [-0.4, -0.2) is 17.7 Å². The van der Waals surface area contributed by atoms with E-state index in [1.165, 1.54) is 6.92 Å². The van der Waals surface area contributed by atoms with Crippen LogP contribution in [0.15, 0.2) is 12.1 Å². The third-order valence-corrected chi connectivity index (χ3v) is 1.99. The van der Waals surface area contributed by atoms with Gasteiger partial charge in [-0.1, -0.05) is 0 Å². The van der Waals surface area contributed by atoms with Gasteiger partial charge in [-0.05, 0) is 24.6 Å². The van der Waals surface area contributed by atoms with E-state index in [0.717, 1.165) is 6.07 Å².